The first kappa shape index (κ1) is 17.7. The maximum absolute atomic E-state index is 13.0. The lowest BCUT2D eigenvalue weighted by Gasteiger charge is -2.28. The van der Waals surface area contributed by atoms with E-state index in [-0.39, 0.29) is 24.1 Å². The van der Waals surface area contributed by atoms with Gasteiger partial charge >= 0.3 is 0 Å². The summed E-state index contributed by atoms with van der Waals surface area (Å²) in [6, 6.07) is 5.77. The van der Waals surface area contributed by atoms with Gasteiger partial charge in [-0.25, -0.2) is 4.39 Å². The van der Waals surface area contributed by atoms with Gasteiger partial charge in [0.1, 0.15) is 5.82 Å². The van der Waals surface area contributed by atoms with Crippen molar-refractivity contribution in [3.63, 3.8) is 0 Å². The molecule has 2 bridgehead atoms. The SMILES string of the molecule is Cl.O=C(CC1CC2CCC(C1)N2)NCc1ccc(F)cc1Br. The molecular formula is C16H21BrClFN2O. The van der Waals surface area contributed by atoms with Gasteiger partial charge in [-0.3, -0.25) is 4.79 Å². The van der Waals surface area contributed by atoms with E-state index in [9.17, 15) is 9.18 Å². The third-order valence-electron chi connectivity index (χ3n) is 4.54. The van der Waals surface area contributed by atoms with Gasteiger partial charge in [-0.2, -0.15) is 0 Å². The monoisotopic (exact) mass is 390 g/mol. The van der Waals surface area contributed by atoms with Crippen molar-refractivity contribution in [2.45, 2.75) is 50.7 Å². The Kier molecular flexibility index (Phi) is 6.24. The minimum atomic E-state index is -0.276. The number of carbonyl (C=O) groups is 1. The van der Waals surface area contributed by atoms with Gasteiger partial charge in [0, 0.05) is 29.5 Å². The van der Waals surface area contributed by atoms with Crippen LogP contribution in [0, 0.1) is 11.7 Å². The Balaban J connectivity index is 0.00000176. The van der Waals surface area contributed by atoms with Crippen molar-refractivity contribution in [3.05, 3.63) is 34.1 Å². The van der Waals surface area contributed by atoms with Gasteiger partial charge in [-0.1, -0.05) is 22.0 Å². The first-order valence-corrected chi connectivity index (χ1v) is 8.36. The molecule has 3 rings (SSSR count). The molecule has 2 heterocycles. The number of rotatable bonds is 4. The van der Waals surface area contributed by atoms with E-state index in [0.717, 1.165) is 18.4 Å². The van der Waals surface area contributed by atoms with Crippen LogP contribution in [0.3, 0.4) is 0 Å². The number of halogens is 3. The van der Waals surface area contributed by atoms with E-state index >= 15 is 0 Å². The van der Waals surface area contributed by atoms with E-state index in [0.29, 0.717) is 35.4 Å². The Labute approximate surface area is 145 Å². The summed E-state index contributed by atoms with van der Waals surface area (Å²) in [5, 5.41) is 6.54. The van der Waals surface area contributed by atoms with E-state index in [1.165, 1.54) is 25.0 Å². The number of hydrogen-bond donors (Lipinski definition) is 2. The summed E-state index contributed by atoms with van der Waals surface area (Å²) in [6.07, 6.45) is 5.35. The highest BCUT2D eigenvalue weighted by Gasteiger charge is 2.34. The van der Waals surface area contributed by atoms with Crippen LogP contribution in [0.4, 0.5) is 4.39 Å². The van der Waals surface area contributed by atoms with Gasteiger partial charge in [0.25, 0.3) is 0 Å². The fourth-order valence-corrected chi connectivity index (χ4v) is 4.03. The average molecular weight is 392 g/mol. The zero-order chi connectivity index (χ0) is 14.8. The maximum Gasteiger partial charge on any atom is 0.220 e. The van der Waals surface area contributed by atoms with Crippen molar-refractivity contribution in [2.75, 3.05) is 0 Å². The molecule has 122 valence electrons. The lowest BCUT2D eigenvalue weighted by Crippen LogP contribution is -2.39. The molecule has 1 amide bonds. The summed E-state index contributed by atoms with van der Waals surface area (Å²) in [5.74, 6) is 0.320. The number of fused-ring (bicyclic) bond motifs is 2. The van der Waals surface area contributed by atoms with Crippen molar-refractivity contribution in [3.8, 4) is 0 Å². The predicted molar refractivity (Wildman–Crippen MR) is 90.5 cm³/mol. The molecule has 0 aliphatic carbocycles. The molecule has 0 saturated carbocycles. The number of benzene rings is 1. The molecule has 1 aromatic carbocycles. The highest BCUT2D eigenvalue weighted by atomic mass is 79.9. The van der Waals surface area contributed by atoms with Crippen LogP contribution in [0.25, 0.3) is 0 Å². The van der Waals surface area contributed by atoms with Crippen LogP contribution in [-0.4, -0.2) is 18.0 Å². The summed E-state index contributed by atoms with van der Waals surface area (Å²) in [6.45, 7) is 0.442. The third kappa shape index (κ3) is 4.43. The highest BCUT2D eigenvalue weighted by Crippen LogP contribution is 2.32. The van der Waals surface area contributed by atoms with Gasteiger partial charge in [0.2, 0.25) is 5.91 Å². The zero-order valence-corrected chi connectivity index (χ0v) is 14.7. The molecule has 2 unspecified atom stereocenters. The molecule has 3 nitrogen and oxygen atoms in total. The molecule has 2 fully saturated rings. The van der Waals surface area contributed by atoms with Crippen molar-refractivity contribution in [2.24, 2.45) is 5.92 Å². The molecule has 0 radical (unpaired) electrons. The summed E-state index contributed by atoms with van der Waals surface area (Å²) < 4.78 is 13.7. The predicted octanol–water partition coefficient (Wildman–Crippen LogP) is 3.55. The summed E-state index contributed by atoms with van der Waals surface area (Å²) in [7, 11) is 0. The Bertz CT molecular complexity index is 531. The largest absolute Gasteiger partial charge is 0.352 e. The molecule has 6 heteroatoms. The van der Waals surface area contributed by atoms with Gasteiger partial charge in [-0.05, 0) is 49.3 Å². The topological polar surface area (TPSA) is 41.1 Å². The van der Waals surface area contributed by atoms with Gasteiger partial charge in [0.05, 0.1) is 0 Å². The molecule has 2 atom stereocenters. The van der Waals surface area contributed by atoms with Crippen LogP contribution < -0.4 is 10.6 Å². The van der Waals surface area contributed by atoms with Crippen LogP contribution in [0.1, 0.15) is 37.7 Å². The Morgan fingerprint density at radius 2 is 2.00 bits per heavy atom. The molecule has 2 saturated heterocycles. The lowest BCUT2D eigenvalue weighted by molar-refractivity contribution is -0.122. The first-order valence-electron chi connectivity index (χ1n) is 7.57. The second-order valence-corrected chi connectivity index (χ2v) is 7.05. The van der Waals surface area contributed by atoms with Crippen molar-refractivity contribution >= 4 is 34.2 Å². The second-order valence-electron chi connectivity index (χ2n) is 6.19. The van der Waals surface area contributed by atoms with E-state index in [2.05, 4.69) is 26.6 Å². The standard InChI is InChI=1S/C16H20BrFN2O.ClH/c17-15-8-12(18)2-1-11(15)9-19-16(21)7-10-5-13-3-4-14(6-10)20-13;/h1-2,8,10,13-14,20H,3-7,9H2,(H,19,21);1H. The molecule has 0 spiro atoms. The van der Waals surface area contributed by atoms with Gasteiger partial charge in [-0.15, -0.1) is 12.4 Å². The van der Waals surface area contributed by atoms with Gasteiger partial charge < -0.3 is 10.6 Å². The Hall–Kier alpha value is -0.650. The molecule has 2 aliphatic rings. The zero-order valence-electron chi connectivity index (χ0n) is 12.3. The number of carbonyl (C=O) groups excluding carboxylic acids is 1. The summed E-state index contributed by atoms with van der Waals surface area (Å²) in [4.78, 5) is 12.1. The van der Waals surface area contributed by atoms with E-state index in [1.807, 2.05) is 0 Å². The summed E-state index contributed by atoms with van der Waals surface area (Å²) >= 11 is 3.32. The van der Waals surface area contributed by atoms with Crippen molar-refractivity contribution < 1.29 is 9.18 Å². The van der Waals surface area contributed by atoms with Crippen LogP contribution in [-0.2, 0) is 11.3 Å². The normalized spacial score (nSPS) is 26.4. The van der Waals surface area contributed by atoms with E-state index in [4.69, 9.17) is 0 Å². The van der Waals surface area contributed by atoms with E-state index in [1.54, 1.807) is 6.07 Å². The Morgan fingerprint density at radius 1 is 1.32 bits per heavy atom. The smallest absolute Gasteiger partial charge is 0.220 e. The fraction of sp³-hybridized carbons (Fsp3) is 0.562. The molecular weight excluding hydrogens is 371 g/mol. The molecule has 0 aromatic heterocycles. The number of hydrogen-bond acceptors (Lipinski definition) is 2. The quantitative estimate of drug-likeness (QED) is 0.824. The molecule has 2 N–H and O–H groups in total. The fourth-order valence-electron chi connectivity index (χ4n) is 3.53. The minimum Gasteiger partial charge on any atom is -0.352 e. The van der Waals surface area contributed by atoms with Crippen LogP contribution >= 0.6 is 28.3 Å². The van der Waals surface area contributed by atoms with Crippen molar-refractivity contribution in [1.29, 1.82) is 0 Å². The molecule has 1 aromatic rings. The van der Waals surface area contributed by atoms with E-state index < -0.39 is 0 Å². The maximum atomic E-state index is 13.0. The minimum absolute atomic E-state index is 0. The van der Waals surface area contributed by atoms with Crippen molar-refractivity contribution in [1.82, 2.24) is 10.6 Å². The number of amides is 1. The third-order valence-corrected chi connectivity index (χ3v) is 5.27. The Morgan fingerprint density at radius 3 is 2.64 bits per heavy atom. The average Bonchev–Trinajstić information content (AvgIpc) is 2.77. The highest BCUT2D eigenvalue weighted by molar-refractivity contribution is 9.10. The van der Waals surface area contributed by atoms with Crippen LogP contribution in [0.5, 0.6) is 0 Å². The molecule has 2 aliphatic heterocycles. The van der Waals surface area contributed by atoms with Gasteiger partial charge in [0.15, 0.2) is 0 Å². The number of nitrogens with one attached hydrogen (secondary N) is 2. The summed E-state index contributed by atoms with van der Waals surface area (Å²) in [5.41, 5.74) is 0.898. The first-order chi connectivity index (χ1) is 10.1. The van der Waals surface area contributed by atoms with Crippen LogP contribution in [0.2, 0.25) is 0 Å². The lowest BCUT2D eigenvalue weighted by atomic mass is 9.89. The van der Waals surface area contributed by atoms with Crippen LogP contribution in [0.15, 0.2) is 22.7 Å². The second kappa shape index (κ2) is 7.75. The number of piperidine rings is 1. The molecule has 22 heavy (non-hydrogen) atoms.